The summed E-state index contributed by atoms with van der Waals surface area (Å²) in [6.07, 6.45) is -0.676. The highest BCUT2D eigenvalue weighted by atomic mass is 79.9. The van der Waals surface area contributed by atoms with Crippen molar-refractivity contribution in [3.05, 3.63) is 58.3 Å². The molecular formula is C19H20BrFN4O4. The van der Waals surface area contributed by atoms with Crippen LogP contribution in [-0.4, -0.2) is 39.1 Å². The average Bonchev–Trinajstić information content (AvgIpc) is 2.87. The first-order chi connectivity index (χ1) is 13.7. The summed E-state index contributed by atoms with van der Waals surface area (Å²) in [4.78, 5) is 24.4. The zero-order valence-corrected chi connectivity index (χ0v) is 17.0. The van der Waals surface area contributed by atoms with E-state index in [1.54, 1.807) is 37.3 Å². The van der Waals surface area contributed by atoms with Gasteiger partial charge in [0.05, 0.1) is 11.2 Å². The molecule has 0 radical (unpaired) electrons. The molecule has 8 nitrogen and oxygen atoms in total. The van der Waals surface area contributed by atoms with Gasteiger partial charge in [0.25, 0.3) is 0 Å². The Labute approximate surface area is 174 Å². The molecule has 10 heteroatoms. The van der Waals surface area contributed by atoms with Crippen LogP contribution in [0.3, 0.4) is 0 Å². The predicted molar refractivity (Wildman–Crippen MR) is 107 cm³/mol. The number of aliphatic hydroxyl groups is 1. The van der Waals surface area contributed by atoms with Crippen LogP contribution in [0.4, 0.5) is 19.7 Å². The van der Waals surface area contributed by atoms with Gasteiger partial charge in [0.15, 0.2) is 6.23 Å². The van der Waals surface area contributed by atoms with E-state index >= 15 is 0 Å². The molecule has 29 heavy (non-hydrogen) atoms. The molecule has 1 fully saturated rings. The van der Waals surface area contributed by atoms with E-state index in [1.165, 1.54) is 12.1 Å². The number of para-hydroxylation sites is 1. The van der Waals surface area contributed by atoms with Crippen molar-refractivity contribution in [1.82, 2.24) is 15.8 Å². The molecule has 1 saturated heterocycles. The zero-order chi connectivity index (χ0) is 21.2. The number of phenols is 1. The van der Waals surface area contributed by atoms with Crippen LogP contribution in [0.2, 0.25) is 0 Å². The molecule has 0 aromatic heterocycles. The number of aromatic hydroxyl groups is 1. The van der Waals surface area contributed by atoms with E-state index in [0.717, 1.165) is 5.01 Å². The number of aryl methyl sites for hydroxylation is 1. The van der Waals surface area contributed by atoms with Gasteiger partial charge in [0.1, 0.15) is 11.6 Å². The minimum atomic E-state index is -1.37. The van der Waals surface area contributed by atoms with Gasteiger partial charge >= 0.3 is 12.1 Å². The van der Waals surface area contributed by atoms with Crippen molar-refractivity contribution >= 4 is 33.7 Å². The molecule has 3 rings (SSSR count). The van der Waals surface area contributed by atoms with Crippen molar-refractivity contribution in [3.8, 4) is 5.75 Å². The molecule has 1 aliphatic heterocycles. The summed E-state index contributed by atoms with van der Waals surface area (Å²) in [5.41, 5.74) is 1.74. The Morgan fingerprint density at radius 1 is 1.34 bits per heavy atom. The molecule has 1 aliphatic rings. The third kappa shape index (κ3) is 4.60. The Bertz CT molecular complexity index is 944. The fraction of sp³-hybridized carbons (Fsp3) is 0.263. The minimum Gasteiger partial charge on any atom is -0.508 e. The van der Waals surface area contributed by atoms with Crippen LogP contribution in [-0.2, 0) is 6.42 Å². The molecule has 5 N–H and O–H groups in total. The Kier molecular flexibility index (Phi) is 5.94. The summed E-state index contributed by atoms with van der Waals surface area (Å²) in [5, 5.41) is 26.1. The molecule has 0 spiro atoms. The Balaban J connectivity index is 1.64. The SMILES string of the molecule is CC1(CCc2ccccc2O)NC(=O)N(NC(=O)Nc2ccc(Br)cc2F)C1O. The maximum Gasteiger partial charge on any atom is 0.339 e. The lowest BCUT2D eigenvalue weighted by molar-refractivity contribution is -0.0111. The number of carbonyl (C=O) groups excluding carboxylic acids is 2. The summed E-state index contributed by atoms with van der Waals surface area (Å²) in [6.45, 7) is 1.63. The number of phenolic OH excluding ortho intramolecular Hbond substituents is 1. The molecule has 0 saturated carbocycles. The van der Waals surface area contributed by atoms with Crippen molar-refractivity contribution in [2.75, 3.05) is 5.32 Å². The number of carbonyl (C=O) groups is 2. The summed E-state index contributed by atoms with van der Waals surface area (Å²) < 4.78 is 14.4. The van der Waals surface area contributed by atoms with Crippen LogP contribution in [0.5, 0.6) is 5.75 Å². The summed E-state index contributed by atoms with van der Waals surface area (Å²) >= 11 is 3.12. The highest BCUT2D eigenvalue weighted by molar-refractivity contribution is 9.10. The number of rotatable bonds is 5. The van der Waals surface area contributed by atoms with Crippen molar-refractivity contribution in [2.45, 2.75) is 31.5 Å². The van der Waals surface area contributed by atoms with Gasteiger partial charge in [0.2, 0.25) is 0 Å². The largest absolute Gasteiger partial charge is 0.508 e. The smallest absolute Gasteiger partial charge is 0.339 e. The lowest BCUT2D eigenvalue weighted by Crippen LogP contribution is -2.53. The number of hydrogen-bond acceptors (Lipinski definition) is 4. The number of hydrogen-bond donors (Lipinski definition) is 5. The van der Waals surface area contributed by atoms with Gasteiger partial charge in [-0.3, -0.25) is 0 Å². The standard InChI is InChI=1S/C19H20BrFN4O4/c1-19(9-8-11-4-2-3-5-15(11)26)16(27)25(18(29)23-19)24-17(28)22-14-7-6-12(20)10-13(14)21/h2-7,10,16,26-27H,8-9H2,1H3,(H,23,29)(H2,22,24,28). The van der Waals surface area contributed by atoms with Crippen molar-refractivity contribution in [2.24, 2.45) is 0 Å². The van der Waals surface area contributed by atoms with E-state index < -0.39 is 29.6 Å². The number of aliphatic hydroxyl groups excluding tert-OH is 1. The van der Waals surface area contributed by atoms with Crippen molar-refractivity contribution in [3.63, 3.8) is 0 Å². The first kappa shape index (κ1) is 20.9. The minimum absolute atomic E-state index is 0.0814. The zero-order valence-electron chi connectivity index (χ0n) is 15.4. The van der Waals surface area contributed by atoms with Gasteiger partial charge in [-0.2, -0.15) is 0 Å². The topological polar surface area (TPSA) is 114 Å². The number of benzene rings is 2. The average molecular weight is 467 g/mol. The molecule has 4 amide bonds. The first-order valence-corrected chi connectivity index (χ1v) is 9.58. The molecule has 2 aromatic carbocycles. The monoisotopic (exact) mass is 466 g/mol. The second kappa shape index (κ2) is 8.26. The number of nitrogens with one attached hydrogen (secondary N) is 3. The molecule has 2 aromatic rings. The van der Waals surface area contributed by atoms with E-state index in [1.807, 2.05) is 0 Å². The summed E-state index contributed by atoms with van der Waals surface area (Å²) in [7, 11) is 0. The van der Waals surface area contributed by atoms with E-state index in [0.29, 0.717) is 22.9 Å². The fourth-order valence-electron chi connectivity index (χ4n) is 3.04. The molecule has 154 valence electrons. The molecule has 2 atom stereocenters. The number of anilines is 1. The summed E-state index contributed by atoms with van der Waals surface area (Å²) in [5.74, 6) is -0.533. The molecule has 1 heterocycles. The lowest BCUT2D eigenvalue weighted by atomic mass is 9.92. The quantitative estimate of drug-likeness (QED) is 0.465. The maximum absolute atomic E-state index is 13.9. The van der Waals surface area contributed by atoms with Crippen LogP contribution in [0.1, 0.15) is 18.9 Å². The van der Waals surface area contributed by atoms with E-state index in [4.69, 9.17) is 0 Å². The maximum atomic E-state index is 13.9. The second-order valence-electron chi connectivity index (χ2n) is 6.91. The van der Waals surface area contributed by atoms with Crippen LogP contribution >= 0.6 is 15.9 Å². The Hall–Kier alpha value is -2.85. The number of urea groups is 2. The highest BCUT2D eigenvalue weighted by Gasteiger charge is 2.48. The number of amides is 4. The normalized spacial score (nSPS) is 21.0. The van der Waals surface area contributed by atoms with Crippen LogP contribution in [0.25, 0.3) is 0 Å². The fourth-order valence-corrected chi connectivity index (χ4v) is 3.37. The first-order valence-electron chi connectivity index (χ1n) is 8.78. The number of nitrogens with zero attached hydrogens (tertiary/aromatic N) is 1. The van der Waals surface area contributed by atoms with Crippen LogP contribution in [0, 0.1) is 5.82 Å². The highest BCUT2D eigenvalue weighted by Crippen LogP contribution is 2.28. The van der Waals surface area contributed by atoms with E-state index in [9.17, 15) is 24.2 Å². The van der Waals surface area contributed by atoms with Gasteiger partial charge < -0.3 is 20.8 Å². The van der Waals surface area contributed by atoms with Gasteiger partial charge in [-0.1, -0.05) is 34.1 Å². The van der Waals surface area contributed by atoms with E-state index in [2.05, 4.69) is 32.0 Å². The van der Waals surface area contributed by atoms with Crippen molar-refractivity contribution < 1.29 is 24.2 Å². The second-order valence-corrected chi connectivity index (χ2v) is 7.83. The van der Waals surface area contributed by atoms with Crippen LogP contribution in [0.15, 0.2) is 46.9 Å². The molecule has 0 bridgehead atoms. The van der Waals surface area contributed by atoms with Gasteiger partial charge in [-0.15, -0.1) is 0 Å². The van der Waals surface area contributed by atoms with Gasteiger partial charge in [-0.25, -0.2) is 24.4 Å². The van der Waals surface area contributed by atoms with Crippen LogP contribution < -0.4 is 16.1 Å². The number of hydrazine groups is 1. The molecule has 0 aliphatic carbocycles. The third-order valence-electron chi connectivity index (χ3n) is 4.73. The number of halogens is 2. The van der Waals surface area contributed by atoms with Gasteiger partial charge in [-0.05, 0) is 49.6 Å². The van der Waals surface area contributed by atoms with Gasteiger partial charge in [0, 0.05) is 4.47 Å². The lowest BCUT2D eigenvalue weighted by Gasteiger charge is -2.29. The summed E-state index contributed by atoms with van der Waals surface area (Å²) in [6, 6.07) is 9.28. The Morgan fingerprint density at radius 3 is 2.76 bits per heavy atom. The van der Waals surface area contributed by atoms with E-state index in [-0.39, 0.29) is 11.4 Å². The third-order valence-corrected chi connectivity index (χ3v) is 5.23. The van der Waals surface area contributed by atoms with Crippen molar-refractivity contribution in [1.29, 1.82) is 0 Å². The predicted octanol–water partition coefficient (Wildman–Crippen LogP) is 3.07. The Morgan fingerprint density at radius 2 is 2.07 bits per heavy atom. The molecule has 2 unspecified atom stereocenters. The molecular weight excluding hydrogens is 447 g/mol.